The van der Waals surface area contributed by atoms with E-state index in [0.29, 0.717) is 17.3 Å². The smallest absolute Gasteiger partial charge is 0.221 e. The summed E-state index contributed by atoms with van der Waals surface area (Å²) in [4.78, 5) is 22.1. The lowest BCUT2D eigenvalue weighted by atomic mass is 10.1. The minimum atomic E-state index is -0.105. The van der Waals surface area contributed by atoms with E-state index in [-0.39, 0.29) is 5.91 Å². The minimum Gasteiger partial charge on any atom is -0.448 e. The van der Waals surface area contributed by atoms with Gasteiger partial charge in [-0.15, -0.1) is 0 Å². The molecule has 1 amide bonds. The van der Waals surface area contributed by atoms with Crippen molar-refractivity contribution < 1.29 is 9.21 Å². The molecule has 0 saturated carbocycles. The third-order valence-corrected chi connectivity index (χ3v) is 4.04. The molecular weight excluding hydrogens is 330 g/mol. The van der Waals surface area contributed by atoms with E-state index in [9.17, 15) is 4.79 Å². The Labute approximate surface area is 149 Å². The number of benzene rings is 1. The lowest BCUT2D eigenvalue weighted by molar-refractivity contribution is -0.114. The number of imidazole rings is 1. The molecule has 0 bridgehead atoms. The fourth-order valence-corrected chi connectivity index (χ4v) is 2.88. The molecule has 7 nitrogen and oxygen atoms in total. The van der Waals surface area contributed by atoms with Gasteiger partial charge in [0.15, 0.2) is 11.5 Å². The van der Waals surface area contributed by atoms with E-state index in [1.54, 1.807) is 18.7 Å². The van der Waals surface area contributed by atoms with Crippen molar-refractivity contribution in [3.05, 3.63) is 61.3 Å². The number of hydrogen-bond acceptors (Lipinski definition) is 5. The molecule has 0 aliphatic carbocycles. The molecule has 0 saturated heterocycles. The van der Waals surface area contributed by atoms with Crippen LogP contribution in [0.25, 0.3) is 16.9 Å². The van der Waals surface area contributed by atoms with Gasteiger partial charge in [-0.2, -0.15) is 0 Å². The Morgan fingerprint density at radius 3 is 2.88 bits per heavy atom. The number of carbonyl (C=O) groups is 1. The summed E-state index contributed by atoms with van der Waals surface area (Å²) in [5.41, 5.74) is 3.31. The van der Waals surface area contributed by atoms with Gasteiger partial charge >= 0.3 is 0 Å². The number of anilines is 3. The first-order chi connectivity index (χ1) is 12.6. The van der Waals surface area contributed by atoms with Gasteiger partial charge in [0.1, 0.15) is 0 Å². The van der Waals surface area contributed by atoms with Crippen LogP contribution in [-0.4, -0.2) is 27.3 Å². The highest BCUT2D eigenvalue weighted by molar-refractivity contribution is 5.89. The van der Waals surface area contributed by atoms with Crippen molar-refractivity contribution in [3.8, 4) is 11.3 Å². The monoisotopic (exact) mass is 347 g/mol. The first kappa shape index (κ1) is 15.9. The summed E-state index contributed by atoms with van der Waals surface area (Å²) in [6.07, 6.45) is 7.01. The average molecular weight is 347 g/mol. The molecule has 7 heteroatoms. The summed E-state index contributed by atoms with van der Waals surface area (Å²) in [5.74, 6) is 1.27. The van der Waals surface area contributed by atoms with Crippen LogP contribution in [0.2, 0.25) is 0 Å². The van der Waals surface area contributed by atoms with Crippen LogP contribution in [0.5, 0.6) is 0 Å². The molecule has 4 rings (SSSR count). The van der Waals surface area contributed by atoms with Crippen molar-refractivity contribution in [2.45, 2.75) is 6.92 Å². The first-order valence-electron chi connectivity index (χ1n) is 8.11. The minimum absolute atomic E-state index is 0.105. The van der Waals surface area contributed by atoms with E-state index in [0.717, 1.165) is 16.9 Å². The Kier molecular flexibility index (Phi) is 3.89. The molecule has 3 aromatic heterocycles. The normalized spacial score (nSPS) is 10.8. The quantitative estimate of drug-likeness (QED) is 0.609. The number of amides is 1. The summed E-state index contributed by atoms with van der Waals surface area (Å²) in [7, 11) is 1.88. The molecule has 0 fully saturated rings. The van der Waals surface area contributed by atoms with Crippen LogP contribution in [0, 0.1) is 0 Å². The second kappa shape index (κ2) is 6.36. The fraction of sp³-hybridized carbons (Fsp3) is 0.105. The molecule has 26 heavy (non-hydrogen) atoms. The van der Waals surface area contributed by atoms with Crippen LogP contribution in [0.3, 0.4) is 0 Å². The topological polar surface area (TPSA) is 75.7 Å². The zero-order chi connectivity index (χ0) is 18.1. The van der Waals surface area contributed by atoms with Crippen LogP contribution < -0.4 is 10.2 Å². The Hall–Kier alpha value is -3.61. The van der Waals surface area contributed by atoms with E-state index in [1.165, 1.54) is 6.92 Å². The highest BCUT2D eigenvalue weighted by Gasteiger charge is 2.16. The lowest BCUT2D eigenvalue weighted by Gasteiger charge is -2.15. The maximum atomic E-state index is 11.3. The van der Waals surface area contributed by atoms with E-state index >= 15 is 0 Å². The summed E-state index contributed by atoms with van der Waals surface area (Å²) in [6, 6.07) is 11.3. The molecule has 0 radical (unpaired) electrons. The predicted molar refractivity (Wildman–Crippen MR) is 99.5 cm³/mol. The van der Waals surface area contributed by atoms with E-state index in [4.69, 9.17) is 4.42 Å². The van der Waals surface area contributed by atoms with Gasteiger partial charge in [0, 0.05) is 43.7 Å². The van der Waals surface area contributed by atoms with Gasteiger partial charge in [-0.25, -0.2) is 9.97 Å². The largest absolute Gasteiger partial charge is 0.448 e. The van der Waals surface area contributed by atoms with Crippen LogP contribution in [-0.2, 0) is 4.79 Å². The third kappa shape index (κ3) is 2.79. The molecule has 3 heterocycles. The number of furan rings is 1. The summed E-state index contributed by atoms with van der Waals surface area (Å²) >= 11 is 0. The van der Waals surface area contributed by atoms with Crippen molar-refractivity contribution in [1.29, 1.82) is 0 Å². The van der Waals surface area contributed by atoms with E-state index < -0.39 is 0 Å². The number of fused-ring (bicyclic) bond motifs is 1. The second-order valence-corrected chi connectivity index (χ2v) is 5.86. The van der Waals surface area contributed by atoms with Gasteiger partial charge in [0.2, 0.25) is 11.8 Å². The molecule has 0 spiro atoms. The third-order valence-electron chi connectivity index (χ3n) is 4.04. The van der Waals surface area contributed by atoms with Crippen molar-refractivity contribution in [1.82, 2.24) is 14.4 Å². The fourth-order valence-electron chi connectivity index (χ4n) is 2.88. The Bertz CT molecular complexity index is 1070. The molecule has 1 N–H and O–H groups in total. The van der Waals surface area contributed by atoms with Crippen molar-refractivity contribution in [3.63, 3.8) is 0 Å². The number of nitrogens with one attached hydrogen (secondary N) is 1. The summed E-state index contributed by atoms with van der Waals surface area (Å²) in [6.45, 7) is 1.49. The van der Waals surface area contributed by atoms with Gasteiger partial charge in [-0.1, -0.05) is 12.1 Å². The average Bonchev–Trinajstić information content (AvgIpc) is 3.30. The molecule has 0 unspecified atom stereocenters. The standard InChI is InChI=1S/C19H17N5O2/c1-13(25)22-15-6-3-5-14(11-15)16-12-21-19-18(20-8-9-24(16)19)23(2)17-7-4-10-26-17/h3-12H,1-2H3,(H,22,25). The van der Waals surface area contributed by atoms with Crippen LogP contribution in [0.1, 0.15) is 6.92 Å². The van der Waals surface area contributed by atoms with E-state index in [1.807, 2.05) is 58.9 Å². The maximum absolute atomic E-state index is 11.3. The molecule has 0 atom stereocenters. The van der Waals surface area contributed by atoms with E-state index in [2.05, 4.69) is 15.3 Å². The second-order valence-electron chi connectivity index (χ2n) is 5.86. The molecule has 0 aliphatic rings. The number of hydrogen-bond donors (Lipinski definition) is 1. The summed E-state index contributed by atoms with van der Waals surface area (Å²) in [5, 5.41) is 2.80. The predicted octanol–water partition coefficient (Wildman–Crippen LogP) is 3.72. The number of nitrogens with zero attached hydrogens (tertiary/aromatic N) is 4. The Morgan fingerprint density at radius 2 is 2.12 bits per heavy atom. The Balaban J connectivity index is 1.79. The number of carbonyl (C=O) groups excluding carboxylic acids is 1. The van der Waals surface area contributed by atoms with Crippen molar-refractivity contribution in [2.24, 2.45) is 0 Å². The molecule has 4 aromatic rings. The molecule has 130 valence electrons. The highest BCUT2D eigenvalue weighted by Crippen LogP contribution is 2.29. The SMILES string of the molecule is CC(=O)Nc1cccc(-c2cnc3c(N(C)c4ccco4)nccn23)c1. The van der Waals surface area contributed by atoms with Crippen molar-refractivity contribution >= 4 is 28.9 Å². The summed E-state index contributed by atoms with van der Waals surface area (Å²) < 4.78 is 7.42. The zero-order valence-corrected chi connectivity index (χ0v) is 14.4. The van der Waals surface area contributed by atoms with Gasteiger partial charge in [0.25, 0.3) is 0 Å². The van der Waals surface area contributed by atoms with Gasteiger partial charge in [0.05, 0.1) is 18.2 Å². The van der Waals surface area contributed by atoms with Gasteiger partial charge < -0.3 is 9.73 Å². The number of aromatic nitrogens is 3. The maximum Gasteiger partial charge on any atom is 0.221 e. The van der Waals surface area contributed by atoms with Crippen LogP contribution in [0.15, 0.2) is 65.7 Å². The molecule has 1 aromatic carbocycles. The van der Waals surface area contributed by atoms with Crippen LogP contribution in [0.4, 0.5) is 17.4 Å². The molecular formula is C19H17N5O2. The Morgan fingerprint density at radius 1 is 1.23 bits per heavy atom. The van der Waals surface area contributed by atoms with Crippen LogP contribution >= 0.6 is 0 Å². The highest BCUT2D eigenvalue weighted by atomic mass is 16.3. The number of rotatable bonds is 4. The van der Waals surface area contributed by atoms with Gasteiger partial charge in [-0.3, -0.25) is 14.1 Å². The van der Waals surface area contributed by atoms with Gasteiger partial charge in [-0.05, 0) is 18.2 Å². The first-order valence-corrected chi connectivity index (χ1v) is 8.11. The lowest BCUT2D eigenvalue weighted by Crippen LogP contribution is -2.12. The van der Waals surface area contributed by atoms with Crippen molar-refractivity contribution in [2.75, 3.05) is 17.3 Å². The zero-order valence-electron chi connectivity index (χ0n) is 14.4. The molecule has 0 aliphatic heterocycles.